The molecule has 2 aliphatic heterocycles. The van der Waals surface area contributed by atoms with Crippen molar-refractivity contribution in [2.24, 2.45) is 23.7 Å². The Bertz CT molecular complexity index is 1360. The number of aliphatic hydroxyl groups is 1. The maximum Gasteiger partial charge on any atom is 0.245 e. The monoisotopic (exact) mass is 772 g/mol. The fourth-order valence-electron chi connectivity index (χ4n) is 8.74. The summed E-state index contributed by atoms with van der Waals surface area (Å²) in [7, 11) is 4.91. The number of nitrogens with zero attached hydrogens (tertiary/aromatic N) is 3. The van der Waals surface area contributed by atoms with Gasteiger partial charge in [0.15, 0.2) is 0 Å². The molecule has 55 heavy (non-hydrogen) atoms. The highest BCUT2D eigenvalue weighted by Crippen LogP contribution is 2.30. The predicted octanol–water partition coefficient (Wildman–Crippen LogP) is 4.80. The maximum atomic E-state index is 14.4. The van der Waals surface area contributed by atoms with E-state index in [0.29, 0.717) is 18.5 Å². The molecule has 10 atom stereocenters. The van der Waals surface area contributed by atoms with E-state index in [1.54, 1.807) is 40.0 Å². The summed E-state index contributed by atoms with van der Waals surface area (Å²) in [4.78, 5) is 61.8. The molecule has 0 aromatic heterocycles. The van der Waals surface area contributed by atoms with E-state index < -0.39 is 42.4 Å². The van der Waals surface area contributed by atoms with E-state index in [-0.39, 0.29) is 59.9 Å². The highest BCUT2D eigenvalue weighted by Gasteiger charge is 2.43. The lowest BCUT2D eigenvalue weighted by molar-refractivity contribution is -0.148. The molecule has 0 radical (unpaired) electrons. The van der Waals surface area contributed by atoms with Gasteiger partial charge in [-0.1, -0.05) is 91.6 Å². The first kappa shape index (κ1) is 46.3. The number of amides is 4. The van der Waals surface area contributed by atoms with E-state index in [9.17, 15) is 24.3 Å². The molecule has 2 heterocycles. The largest absolute Gasteiger partial charge is 0.386 e. The fourth-order valence-corrected chi connectivity index (χ4v) is 8.74. The Hall–Kier alpha value is -3.06. The number of hydrogen-bond donors (Lipinski definition) is 3. The van der Waals surface area contributed by atoms with Gasteiger partial charge in [0.2, 0.25) is 23.6 Å². The third-order valence-corrected chi connectivity index (χ3v) is 12.2. The fraction of sp³-hybridized carbons (Fsp3) is 0.767. The molecular formula is C43H73N5O7. The first-order valence-corrected chi connectivity index (χ1v) is 20.8. The first-order valence-electron chi connectivity index (χ1n) is 20.8. The lowest BCUT2D eigenvalue weighted by atomic mass is 9.89. The zero-order chi connectivity index (χ0) is 41.0. The molecule has 4 amide bonds. The van der Waals surface area contributed by atoms with Crippen LogP contribution < -0.4 is 10.6 Å². The predicted molar refractivity (Wildman–Crippen MR) is 216 cm³/mol. The van der Waals surface area contributed by atoms with Gasteiger partial charge in [-0.25, -0.2) is 0 Å². The Kier molecular flexibility index (Phi) is 18.6. The van der Waals surface area contributed by atoms with Crippen LogP contribution >= 0.6 is 0 Å². The number of methoxy groups -OCH3 is 2. The van der Waals surface area contributed by atoms with Crippen molar-refractivity contribution in [2.75, 3.05) is 40.9 Å². The van der Waals surface area contributed by atoms with Gasteiger partial charge in [0.25, 0.3) is 0 Å². The Morgan fingerprint density at radius 1 is 0.855 bits per heavy atom. The second-order valence-electron chi connectivity index (χ2n) is 16.8. The summed E-state index contributed by atoms with van der Waals surface area (Å²) in [5.41, 5.74) is 0.714. The number of benzene rings is 1. The Morgan fingerprint density at radius 2 is 1.49 bits per heavy atom. The van der Waals surface area contributed by atoms with Crippen molar-refractivity contribution in [3.05, 3.63) is 35.9 Å². The average Bonchev–Trinajstić information content (AvgIpc) is 3.66. The van der Waals surface area contributed by atoms with Gasteiger partial charge in [-0.15, -0.1) is 0 Å². The number of ether oxygens (including phenoxy) is 2. The van der Waals surface area contributed by atoms with Gasteiger partial charge in [-0.05, 0) is 69.0 Å². The van der Waals surface area contributed by atoms with E-state index in [1.807, 2.05) is 49.1 Å². The molecule has 2 saturated heterocycles. The highest BCUT2D eigenvalue weighted by molar-refractivity contribution is 5.90. The van der Waals surface area contributed by atoms with Crippen LogP contribution in [-0.4, -0.2) is 127 Å². The van der Waals surface area contributed by atoms with Crippen molar-refractivity contribution in [1.29, 1.82) is 0 Å². The lowest BCUT2D eigenvalue weighted by Gasteiger charge is -2.41. The highest BCUT2D eigenvalue weighted by atomic mass is 16.5. The molecule has 0 spiro atoms. The van der Waals surface area contributed by atoms with E-state index in [0.717, 1.165) is 38.8 Å². The quantitative estimate of drug-likeness (QED) is 0.172. The summed E-state index contributed by atoms with van der Waals surface area (Å²) in [6.07, 6.45) is 3.49. The Labute approximate surface area is 331 Å². The summed E-state index contributed by atoms with van der Waals surface area (Å²) in [5.74, 6) is -1.38. The number of likely N-dealkylation sites (tertiary alicyclic amines) is 2. The normalized spacial score (nSPS) is 21.6. The molecule has 0 bridgehead atoms. The molecule has 12 heteroatoms. The minimum absolute atomic E-state index is 0.00924. The van der Waals surface area contributed by atoms with Crippen molar-refractivity contribution in [2.45, 2.75) is 149 Å². The number of aliphatic hydroxyl groups excluding tert-OH is 1. The Balaban J connectivity index is 1.76. The van der Waals surface area contributed by atoms with E-state index in [4.69, 9.17) is 9.47 Å². The third-order valence-electron chi connectivity index (χ3n) is 12.2. The van der Waals surface area contributed by atoms with Gasteiger partial charge >= 0.3 is 0 Å². The van der Waals surface area contributed by atoms with Crippen LogP contribution in [0.2, 0.25) is 0 Å². The number of carbonyl (C=O) groups is 4. The van der Waals surface area contributed by atoms with Gasteiger partial charge in [0.1, 0.15) is 6.04 Å². The molecule has 12 nitrogen and oxygen atoms in total. The summed E-state index contributed by atoms with van der Waals surface area (Å²) >= 11 is 0. The summed E-state index contributed by atoms with van der Waals surface area (Å²) in [6.45, 7) is 18.0. The van der Waals surface area contributed by atoms with Crippen molar-refractivity contribution in [1.82, 2.24) is 25.3 Å². The van der Waals surface area contributed by atoms with Crippen molar-refractivity contribution < 1.29 is 33.8 Å². The second kappa shape index (κ2) is 22.0. The first-order chi connectivity index (χ1) is 26.1. The zero-order valence-electron chi connectivity index (χ0n) is 35.6. The molecule has 0 unspecified atom stereocenters. The second-order valence-corrected chi connectivity index (χ2v) is 16.8. The van der Waals surface area contributed by atoms with Gasteiger partial charge in [0, 0.05) is 27.8 Å². The summed E-state index contributed by atoms with van der Waals surface area (Å²) in [5, 5.41) is 17.0. The smallest absolute Gasteiger partial charge is 0.245 e. The van der Waals surface area contributed by atoms with Crippen molar-refractivity contribution >= 4 is 23.6 Å². The van der Waals surface area contributed by atoms with Crippen LogP contribution in [0.1, 0.15) is 112 Å². The zero-order valence-corrected chi connectivity index (χ0v) is 35.6. The average molecular weight is 772 g/mol. The summed E-state index contributed by atoms with van der Waals surface area (Å²) < 4.78 is 12.0. The summed E-state index contributed by atoms with van der Waals surface area (Å²) in [6, 6.07) is 6.86. The van der Waals surface area contributed by atoms with E-state index in [2.05, 4.69) is 43.2 Å². The lowest BCUT2D eigenvalue weighted by Crippen LogP contribution is -2.60. The van der Waals surface area contributed by atoms with Crippen LogP contribution in [0, 0.1) is 23.7 Å². The third kappa shape index (κ3) is 12.0. The van der Waals surface area contributed by atoms with Crippen molar-refractivity contribution in [3.8, 4) is 0 Å². The van der Waals surface area contributed by atoms with E-state index in [1.165, 1.54) is 6.42 Å². The van der Waals surface area contributed by atoms with Crippen LogP contribution in [0.4, 0.5) is 0 Å². The molecule has 0 aliphatic carbocycles. The number of piperidine rings is 1. The molecule has 2 aliphatic rings. The van der Waals surface area contributed by atoms with Gasteiger partial charge < -0.3 is 35.0 Å². The topological polar surface area (TPSA) is 141 Å². The van der Waals surface area contributed by atoms with Gasteiger partial charge in [0.05, 0.1) is 54.8 Å². The maximum absolute atomic E-state index is 14.4. The number of rotatable bonds is 20. The number of nitrogens with one attached hydrogen (secondary N) is 2. The number of hydrogen-bond acceptors (Lipinski definition) is 8. The molecule has 1 aromatic carbocycles. The minimum Gasteiger partial charge on any atom is -0.386 e. The molecule has 2 fully saturated rings. The molecule has 3 rings (SSSR count). The molecule has 312 valence electrons. The molecular weight excluding hydrogens is 699 g/mol. The SMILES string of the molecule is CC[C@H](C)[C@@H]([C@@H](CC(=O)N1CCC[C@H]1[C@H](OC)[C@@H](C)C(=O)N[C@H](C)[C@@H](O)c1ccccc1)OC)N(C)C(=O)[C@@H](NC(=O)[C@H](C(C)C)N1CCCCC1)C(C)C. The van der Waals surface area contributed by atoms with Gasteiger partial charge in [-0.2, -0.15) is 0 Å². The van der Waals surface area contributed by atoms with Crippen molar-refractivity contribution in [3.63, 3.8) is 0 Å². The standard InChI is InChI=1S/C43H73N5O7/c1-12-29(6)38(46(9)43(53)36(27(2)3)45-42(52)37(28(4)5)47-23-17-14-18-24-47)34(54-10)26-35(49)48-25-19-22-33(48)40(55-11)30(7)41(51)44-31(8)39(50)32-20-15-13-16-21-32/h13,15-16,20-21,27-31,33-34,36-40,50H,12,14,17-19,22-26H2,1-11H3,(H,44,51)(H,45,52)/t29-,30+,31+,33-,34+,36-,37-,38-,39+,40+/m0/s1. The molecule has 0 saturated carbocycles. The van der Waals surface area contributed by atoms with Crippen LogP contribution in [-0.2, 0) is 28.7 Å². The van der Waals surface area contributed by atoms with Gasteiger partial charge in [-0.3, -0.25) is 24.1 Å². The van der Waals surface area contributed by atoms with Crippen LogP contribution in [0.3, 0.4) is 0 Å². The van der Waals surface area contributed by atoms with Crippen LogP contribution in [0.25, 0.3) is 0 Å². The van der Waals surface area contributed by atoms with Crippen LogP contribution in [0.15, 0.2) is 30.3 Å². The molecule has 1 aromatic rings. The van der Waals surface area contributed by atoms with E-state index >= 15 is 0 Å². The van der Waals surface area contributed by atoms with Crippen LogP contribution in [0.5, 0.6) is 0 Å². The number of carbonyl (C=O) groups excluding carboxylic acids is 4. The molecule has 3 N–H and O–H groups in total. The Morgan fingerprint density at radius 3 is 2.04 bits per heavy atom. The minimum atomic E-state index is -0.874. The number of likely N-dealkylation sites (N-methyl/N-ethyl adjacent to an activating group) is 1.